The summed E-state index contributed by atoms with van der Waals surface area (Å²) in [5.74, 6) is 1.00. The third kappa shape index (κ3) is 1.95. The SMILES string of the molecule is ClCc1nnnn1Cc1cccc2ccccc12. The molecule has 3 aromatic rings. The van der Waals surface area contributed by atoms with Crippen LogP contribution in [0, 0.1) is 0 Å². The molecule has 1 heterocycles. The standard InChI is InChI=1S/C13H11ClN4/c14-8-13-15-16-17-18(13)9-11-6-3-5-10-4-1-2-7-12(10)11/h1-7H,8-9H2. The van der Waals surface area contributed by atoms with Gasteiger partial charge in [0.15, 0.2) is 5.82 Å². The fourth-order valence-corrected chi connectivity index (χ4v) is 2.22. The van der Waals surface area contributed by atoms with Crippen LogP contribution in [0.1, 0.15) is 11.4 Å². The van der Waals surface area contributed by atoms with E-state index < -0.39 is 0 Å². The summed E-state index contributed by atoms with van der Waals surface area (Å²) < 4.78 is 1.73. The van der Waals surface area contributed by atoms with Crippen molar-refractivity contribution in [1.82, 2.24) is 20.2 Å². The third-order valence-corrected chi connectivity index (χ3v) is 3.16. The Bertz CT molecular complexity index is 672. The second kappa shape index (κ2) is 4.74. The highest BCUT2D eigenvalue weighted by Gasteiger charge is 2.07. The van der Waals surface area contributed by atoms with Gasteiger partial charge in [-0.3, -0.25) is 0 Å². The van der Waals surface area contributed by atoms with Gasteiger partial charge >= 0.3 is 0 Å². The Morgan fingerprint density at radius 3 is 2.78 bits per heavy atom. The Balaban J connectivity index is 2.05. The molecule has 0 aliphatic heterocycles. The van der Waals surface area contributed by atoms with Crippen LogP contribution < -0.4 is 0 Å². The third-order valence-electron chi connectivity index (χ3n) is 2.93. The van der Waals surface area contributed by atoms with E-state index >= 15 is 0 Å². The number of hydrogen-bond donors (Lipinski definition) is 0. The molecule has 5 heteroatoms. The molecule has 4 nitrogen and oxygen atoms in total. The van der Waals surface area contributed by atoms with E-state index in [9.17, 15) is 0 Å². The molecule has 90 valence electrons. The van der Waals surface area contributed by atoms with Gasteiger partial charge in [-0.1, -0.05) is 42.5 Å². The molecule has 18 heavy (non-hydrogen) atoms. The Labute approximate surface area is 109 Å². The van der Waals surface area contributed by atoms with E-state index in [4.69, 9.17) is 11.6 Å². The molecule has 2 aromatic carbocycles. The number of tetrazole rings is 1. The lowest BCUT2D eigenvalue weighted by atomic mass is 10.0. The summed E-state index contributed by atoms with van der Waals surface area (Å²) in [4.78, 5) is 0. The van der Waals surface area contributed by atoms with Crippen LogP contribution >= 0.6 is 11.6 Å². The second-order valence-corrected chi connectivity index (χ2v) is 4.29. The Morgan fingerprint density at radius 2 is 1.89 bits per heavy atom. The minimum Gasteiger partial charge on any atom is -0.224 e. The van der Waals surface area contributed by atoms with Gasteiger partial charge in [-0.2, -0.15) is 0 Å². The van der Waals surface area contributed by atoms with Crippen LogP contribution in [0.3, 0.4) is 0 Å². The summed E-state index contributed by atoms with van der Waals surface area (Å²) >= 11 is 5.79. The van der Waals surface area contributed by atoms with Crippen molar-refractivity contribution in [3.63, 3.8) is 0 Å². The van der Waals surface area contributed by atoms with Crippen molar-refractivity contribution in [3.8, 4) is 0 Å². The van der Waals surface area contributed by atoms with Crippen LogP contribution in [-0.2, 0) is 12.4 Å². The van der Waals surface area contributed by atoms with Crippen molar-refractivity contribution in [3.05, 3.63) is 53.9 Å². The molecule has 0 N–H and O–H groups in total. The zero-order valence-electron chi connectivity index (χ0n) is 9.62. The molecule has 0 radical (unpaired) electrons. The van der Waals surface area contributed by atoms with E-state index in [0.717, 1.165) is 0 Å². The van der Waals surface area contributed by atoms with E-state index in [1.165, 1.54) is 16.3 Å². The molecule has 1 aromatic heterocycles. The Kier molecular flexibility index (Phi) is 2.94. The minimum absolute atomic E-state index is 0.317. The predicted octanol–water partition coefficient (Wildman–Crippen LogP) is 2.61. The van der Waals surface area contributed by atoms with Gasteiger partial charge in [0.2, 0.25) is 0 Å². The van der Waals surface area contributed by atoms with Crippen LogP contribution in [0.25, 0.3) is 10.8 Å². The second-order valence-electron chi connectivity index (χ2n) is 4.02. The van der Waals surface area contributed by atoms with Crippen molar-refractivity contribution in [2.24, 2.45) is 0 Å². The van der Waals surface area contributed by atoms with Crippen LogP contribution in [0.5, 0.6) is 0 Å². The summed E-state index contributed by atoms with van der Waals surface area (Å²) in [5, 5.41) is 13.9. The molecule has 0 bridgehead atoms. The van der Waals surface area contributed by atoms with Crippen molar-refractivity contribution in [2.75, 3.05) is 0 Å². The summed E-state index contributed by atoms with van der Waals surface area (Å²) in [6.07, 6.45) is 0. The molecule has 0 saturated heterocycles. The fourth-order valence-electron chi connectivity index (χ4n) is 2.03. The normalized spacial score (nSPS) is 10.9. The van der Waals surface area contributed by atoms with Crippen molar-refractivity contribution in [1.29, 1.82) is 0 Å². The van der Waals surface area contributed by atoms with E-state index in [2.05, 4.69) is 39.8 Å². The lowest BCUT2D eigenvalue weighted by molar-refractivity contribution is 0.633. The number of aromatic nitrogens is 4. The number of benzene rings is 2. The highest BCUT2D eigenvalue weighted by Crippen LogP contribution is 2.19. The first-order valence-corrected chi connectivity index (χ1v) is 6.19. The minimum atomic E-state index is 0.317. The van der Waals surface area contributed by atoms with Gasteiger partial charge in [-0.15, -0.1) is 16.7 Å². The summed E-state index contributed by atoms with van der Waals surface area (Å²) in [6, 6.07) is 14.5. The van der Waals surface area contributed by atoms with Crippen LogP contribution in [0.15, 0.2) is 42.5 Å². The molecule has 0 unspecified atom stereocenters. The molecule has 0 aliphatic rings. The first-order chi connectivity index (χ1) is 8.88. The first kappa shape index (κ1) is 11.2. The van der Waals surface area contributed by atoms with Gasteiger partial charge in [0.1, 0.15) is 0 Å². The number of nitrogens with zero attached hydrogens (tertiary/aromatic N) is 4. The van der Waals surface area contributed by atoms with Crippen LogP contribution in [0.2, 0.25) is 0 Å². The molecule has 0 atom stereocenters. The average Bonchev–Trinajstić information content (AvgIpc) is 2.86. The zero-order chi connectivity index (χ0) is 12.4. The number of fused-ring (bicyclic) bond motifs is 1. The quantitative estimate of drug-likeness (QED) is 0.679. The van der Waals surface area contributed by atoms with Gasteiger partial charge in [-0.25, -0.2) is 4.68 Å². The highest BCUT2D eigenvalue weighted by atomic mass is 35.5. The topological polar surface area (TPSA) is 43.6 Å². The smallest absolute Gasteiger partial charge is 0.166 e. The van der Waals surface area contributed by atoms with Gasteiger partial charge in [0.25, 0.3) is 0 Å². The summed E-state index contributed by atoms with van der Waals surface area (Å²) in [7, 11) is 0. The fraction of sp³-hybridized carbons (Fsp3) is 0.154. The van der Waals surface area contributed by atoms with Crippen LogP contribution in [0.4, 0.5) is 0 Å². The lowest BCUT2D eigenvalue weighted by Crippen LogP contribution is -2.06. The molecule has 0 spiro atoms. The van der Waals surface area contributed by atoms with Gasteiger partial charge in [0, 0.05) is 0 Å². The van der Waals surface area contributed by atoms with Gasteiger partial charge < -0.3 is 0 Å². The molecular formula is C13H11ClN4. The lowest BCUT2D eigenvalue weighted by Gasteiger charge is -2.07. The van der Waals surface area contributed by atoms with Crippen LogP contribution in [-0.4, -0.2) is 20.2 Å². The Morgan fingerprint density at radius 1 is 1.06 bits per heavy atom. The maximum absolute atomic E-state index is 5.79. The average molecular weight is 259 g/mol. The van der Waals surface area contributed by atoms with Crippen molar-refractivity contribution < 1.29 is 0 Å². The number of rotatable bonds is 3. The molecule has 0 amide bonds. The predicted molar refractivity (Wildman–Crippen MR) is 70.4 cm³/mol. The van der Waals surface area contributed by atoms with Crippen molar-refractivity contribution in [2.45, 2.75) is 12.4 Å². The monoisotopic (exact) mass is 258 g/mol. The maximum atomic E-state index is 5.79. The number of hydrogen-bond acceptors (Lipinski definition) is 3. The molecular weight excluding hydrogens is 248 g/mol. The van der Waals surface area contributed by atoms with Gasteiger partial charge in [-0.05, 0) is 26.8 Å². The summed E-state index contributed by atoms with van der Waals surface area (Å²) in [6.45, 7) is 0.635. The van der Waals surface area contributed by atoms with E-state index in [0.29, 0.717) is 18.2 Å². The van der Waals surface area contributed by atoms with E-state index in [-0.39, 0.29) is 0 Å². The molecule has 0 fully saturated rings. The van der Waals surface area contributed by atoms with Crippen molar-refractivity contribution >= 4 is 22.4 Å². The number of alkyl halides is 1. The maximum Gasteiger partial charge on any atom is 0.166 e. The zero-order valence-corrected chi connectivity index (χ0v) is 10.4. The van der Waals surface area contributed by atoms with E-state index in [1.807, 2.05) is 18.2 Å². The largest absolute Gasteiger partial charge is 0.224 e. The highest BCUT2D eigenvalue weighted by molar-refractivity contribution is 6.16. The van der Waals surface area contributed by atoms with Gasteiger partial charge in [0.05, 0.1) is 12.4 Å². The van der Waals surface area contributed by atoms with E-state index in [1.54, 1.807) is 4.68 Å². The summed E-state index contributed by atoms with van der Waals surface area (Å²) in [5.41, 5.74) is 1.19. The first-order valence-electron chi connectivity index (χ1n) is 5.66. The molecule has 0 aliphatic carbocycles. The molecule has 3 rings (SSSR count). The Hall–Kier alpha value is -1.94. The molecule has 0 saturated carbocycles. The number of halogens is 1.